The van der Waals surface area contributed by atoms with Gasteiger partial charge in [-0.25, -0.2) is 0 Å². The lowest BCUT2D eigenvalue weighted by atomic mass is 10.1. The maximum Gasteiger partial charge on any atom is 0.257 e. The van der Waals surface area contributed by atoms with E-state index in [0.717, 1.165) is 24.2 Å². The van der Waals surface area contributed by atoms with E-state index in [1.54, 1.807) is 0 Å². The maximum atomic E-state index is 12.7. The van der Waals surface area contributed by atoms with Gasteiger partial charge in [-0.05, 0) is 33.6 Å². The Morgan fingerprint density at radius 3 is 2.00 bits per heavy atom. The number of aryl methyl sites for hydroxylation is 2. The summed E-state index contributed by atoms with van der Waals surface area (Å²) >= 11 is 0. The maximum absolute atomic E-state index is 12.7. The second-order valence-corrected chi connectivity index (χ2v) is 6.81. The number of carbonyl (C=O) groups is 2. The van der Waals surface area contributed by atoms with Crippen molar-refractivity contribution in [1.82, 2.24) is 9.80 Å². The molecule has 2 fully saturated rings. The highest BCUT2D eigenvalue weighted by Crippen LogP contribution is 2.27. The van der Waals surface area contributed by atoms with Crippen LogP contribution in [0.15, 0.2) is 4.42 Å². The molecule has 126 valence electrons. The molecule has 0 spiro atoms. The van der Waals surface area contributed by atoms with Crippen LogP contribution in [0.4, 0.5) is 0 Å². The third-order valence-electron chi connectivity index (χ3n) is 5.36. The quantitative estimate of drug-likeness (QED) is 0.842. The fraction of sp³-hybridized carbons (Fsp3) is 0.667. The Balaban J connectivity index is 1.62. The minimum absolute atomic E-state index is 0.0322. The highest BCUT2D eigenvalue weighted by atomic mass is 16.3. The summed E-state index contributed by atoms with van der Waals surface area (Å²) in [5.41, 5.74) is 1.62. The number of hydrogen-bond donors (Lipinski definition) is 0. The van der Waals surface area contributed by atoms with Gasteiger partial charge in [0.15, 0.2) is 0 Å². The van der Waals surface area contributed by atoms with Crippen LogP contribution in [-0.2, 0) is 4.79 Å². The molecular weight excluding hydrogens is 292 g/mol. The van der Waals surface area contributed by atoms with Gasteiger partial charge in [0, 0.05) is 37.7 Å². The van der Waals surface area contributed by atoms with Crippen LogP contribution in [0, 0.1) is 26.7 Å². The molecule has 0 radical (unpaired) electrons. The van der Waals surface area contributed by atoms with E-state index in [4.69, 9.17) is 4.42 Å². The zero-order valence-electron chi connectivity index (χ0n) is 14.4. The highest BCUT2D eigenvalue weighted by Gasteiger charge is 2.32. The van der Waals surface area contributed by atoms with E-state index in [1.807, 2.05) is 30.6 Å². The molecule has 0 bridgehead atoms. The van der Waals surface area contributed by atoms with Gasteiger partial charge in [0.25, 0.3) is 5.91 Å². The molecule has 3 rings (SSSR count). The first-order valence-electron chi connectivity index (χ1n) is 8.63. The van der Waals surface area contributed by atoms with E-state index >= 15 is 0 Å². The molecule has 0 aromatic carbocycles. The van der Waals surface area contributed by atoms with E-state index in [9.17, 15) is 9.59 Å². The number of amides is 2. The lowest BCUT2D eigenvalue weighted by Gasteiger charge is -2.36. The minimum atomic E-state index is 0.0322. The van der Waals surface area contributed by atoms with Crippen molar-refractivity contribution in [3.63, 3.8) is 0 Å². The predicted molar refractivity (Wildman–Crippen MR) is 87.4 cm³/mol. The number of piperazine rings is 1. The number of nitrogens with zero attached hydrogens (tertiary/aromatic N) is 2. The topological polar surface area (TPSA) is 53.8 Å². The second kappa shape index (κ2) is 6.38. The van der Waals surface area contributed by atoms with Gasteiger partial charge < -0.3 is 14.2 Å². The van der Waals surface area contributed by atoms with Crippen molar-refractivity contribution in [3.05, 3.63) is 22.6 Å². The molecule has 0 unspecified atom stereocenters. The normalized spacial score (nSPS) is 19.4. The van der Waals surface area contributed by atoms with Gasteiger partial charge in [-0.2, -0.15) is 0 Å². The molecule has 1 aliphatic carbocycles. The molecule has 2 aliphatic rings. The summed E-state index contributed by atoms with van der Waals surface area (Å²) in [5, 5.41) is 0. The van der Waals surface area contributed by atoms with Crippen LogP contribution in [0.25, 0.3) is 0 Å². The predicted octanol–water partition coefficient (Wildman–Crippen LogP) is 2.68. The Morgan fingerprint density at radius 2 is 1.48 bits per heavy atom. The van der Waals surface area contributed by atoms with Crippen LogP contribution < -0.4 is 0 Å². The Bertz CT molecular complexity index is 606. The van der Waals surface area contributed by atoms with Crippen molar-refractivity contribution in [2.45, 2.75) is 46.5 Å². The highest BCUT2D eigenvalue weighted by molar-refractivity contribution is 5.97. The number of hydrogen-bond acceptors (Lipinski definition) is 3. The summed E-state index contributed by atoms with van der Waals surface area (Å²) in [6.07, 6.45) is 4.41. The van der Waals surface area contributed by atoms with Crippen LogP contribution in [0.3, 0.4) is 0 Å². The van der Waals surface area contributed by atoms with Gasteiger partial charge in [0.2, 0.25) is 5.91 Å². The third kappa shape index (κ3) is 3.01. The molecule has 1 aliphatic heterocycles. The average Bonchev–Trinajstić information content (AvgIpc) is 3.16. The van der Waals surface area contributed by atoms with E-state index in [1.165, 1.54) is 12.8 Å². The fourth-order valence-corrected chi connectivity index (χ4v) is 3.83. The summed E-state index contributed by atoms with van der Waals surface area (Å²) in [4.78, 5) is 29.0. The molecule has 1 aromatic rings. The van der Waals surface area contributed by atoms with E-state index in [0.29, 0.717) is 43.4 Å². The molecule has 5 heteroatoms. The summed E-state index contributed by atoms with van der Waals surface area (Å²) in [6.45, 7) is 8.18. The zero-order valence-corrected chi connectivity index (χ0v) is 14.4. The van der Waals surface area contributed by atoms with E-state index in [-0.39, 0.29) is 11.8 Å². The Morgan fingerprint density at radius 1 is 0.913 bits per heavy atom. The van der Waals surface area contributed by atoms with Crippen molar-refractivity contribution < 1.29 is 14.0 Å². The molecule has 1 aromatic heterocycles. The Kier molecular flexibility index (Phi) is 4.46. The molecule has 5 nitrogen and oxygen atoms in total. The van der Waals surface area contributed by atoms with Crippen LogP contribution in [0.2, 0.25) is 0 Å². The summed E-state index contributed by atoms with van der Waals surface area (Å²) in [5.74, 6) is 2.04. The average molecular weight is 318 g/mol. The summed E-state index contributed by atoms with van der Waals surface area (Å²) in [6, 6.07) is 0. The smallest absolute Gasteiger partial charge is 0.257 e. The summed E-state index contributed by atoms with van der Waals surface area (Å²) in [7, 11) is 0. The molecule has 0 N–H and O–H groups in total. The molecule has 1 saturated heterocycles. The molecular formula is C18H26N2O3. The lowest BCUT2D eigenvalue weighted by molar-refractivity contribution is -0.136. The zero-order chi connectivity index (χ0) is 16.6. The summed E-state index contributed by atoms with van der Waals surface area (Å²) < 4.78 is 5.57. The minimum Gasteiger partial charge on any atom is -0.466 e. The standard InChI is InChI=1S/C18H26N2O3/c1-12-13(2)23-14(3)16(12)18(22)20-10-8-19(9-11-20)17(21)15-6-4-5-7-15/h15H,4-11H2,1-3H3. The number of furan rings is 1. The van der Waals surface area contributed by atoms with Gasteiger partial charge >= 0.3 is 0 Å². The van der Waals surface area contributed by atoms with Crippen LogP contribution >= 0.6 is 0 Å². The third-order valence-corrected chi connectivity index (χ3v) is 5.36. The van der Waals surface area contributed by atoms with Crippen molar-refractivity contribution in [3.8, 4) is 0 Å². The molecule has 23 heavy (non-hydrogen) atoms. The van der Waals surface area contributed by atoms with Crippen molar-refractivity contribution in [2.75, 3.05) is 26.2 Å². The van der Waals surface area contributed by atoms with Gasteiger partial charge in [0.1, 0.15) is 11.5 Å². The van der Waals surface area contributed by atoms with Crippen LogP contribution in [-0.4, -0.2) is 47.8 Å². The van der Waals surface area contributed by atoms with Crippen LogP contribution in [0.5, 0.6) is 0 Å². The first-order valence-corrected chi connectivity index (χ1v) is 8.63. The Hall–Kier alpha value is -1.78. The van der Waals surface area contributed by atoms with Gasteiger partial charge in [-0.3, -0.25) is 9.59 Å². The Labute approximate surface area is 137 Å². The van der Waals surface area contributed by atoms with Gasteiger partial charge in [0.05, 0.1) is 5.56 Å². The first kappa shape index (κ1) is 16.1. The number of carbonyl (C=O) groups excluding carboxylic acids is 2. The van der Waals surface area contributed by atoms with Crippen LogP contribution in [0.1, 0.15) is 53.1 Å². The molecule has 0 atom stereocenters. The molecule has 2 amide bonds. The van der Waals surface area contributed by atoms with Crippen molar-refractivity contribution >= 4 is 11.8 Å². The monoisotopic (exact) mass is 318 g/mol. The number of rotatable bonds is 2. The van der Waals surface area contributed by atoms with Crippen molar-refractivity contribution in [2.24, 2.45) is 5.92 Å². The largest absolute Gasteiger partial charge is 0.466 e. The van der Waals surface area contributed by atoms with E-state index < -0.39 is 0 Å². The van der Waals surface area contributed by atoms with Crippen molar-refractivity contribution in [1.29, 1.82) is 0 Å². The van der Waals surface area contributed by atoms with E-state index in [2.05, 4.69) is 0 Å². The SMILES string of the molecule is Cc1oc(C)c(C(=O)N2CCN(C(=O)C3CCCC3)CC2)c1C. The lowest BCUT2D eigenvalue weighted by Crippen LogP contribution is -2.51. The van der Waals surface area contributed by atoms with Gasteiger partial charge in [-0.1, -0.05) is 12.8 Å². The molecule has 2 heterocycles. The van der Waals surface area contributed by atoms with Gasteiger partial charge in [-0.15, -0.1) is 0 Å². The first-order chi connectivity index (χ1) is 11.0. The second-order valence-electron chi connectivity index (χ2n) is 6.81. The fourth-order valence-electron chi connectivity index (χ4n) is 3.83. The molecule has 1 saturated carbocycles.